The van der Waals surface area contributed by atoms with Crippen molar-refractivity contribution in [1.82, 2.24) is 0 Å². The van der Waals surface area contributed by atoms with Gasteiger partial charge in [0, 0.05) is 5.69 Å². The molecule has 0 spiro atoms. The van der Waals surface area contributed by atoms with E-state index in [2.05, 4.69) is 0 Å². The Bertz CT molecular complexity index is 691. The minimum absolute atomic E-state index is 0.122. The van der Waals surface area contributed by atoms with Crippen molar-refractivity contribution in [2.45, 2.75) is 25.2 Å². The van der Waals surface area contributed by atoms with Crippen LogP contribution in [-0.4, -0.2) is 31.6 Å². The topological polar surface area (TPSA) is 38.8 Å². The first kappa shape index (κ1) is 16.4. The molecule has 4 nitrogen and oxygen atoms in total. The van der Waals surface area contributed by atoms with E-state index in [0.717, 1.165) is 10.5 Å². The largest absolute Gasteiger partial charge is 0.497 e. The van der Waals surface area contributed by atoms with Crippen molar-refractivity contribution >= 4 is 11.6 Å². The molecule has 1 aliphatic heterocycles. The fourth-order valence-electron chi connectivity index (χ4n) is 2.70. The first-order chi connectivity index (χ1) is 11.6. The maximum absolute atomic E-state index is 13.4. The molecule has 0 radical (unpaired) electrons. The summed E-state index contributed by atoms with van der Waals surface area (Å²) in [6, 6.07) is 14.3. The summed E-state index contributed by atoms with van der Waals surface area (Å²) in [5.41, 5.74) is 1.24. The average molecular weight is 333 g/mol. The number of carbonyl (C=O) groups is 1. The van der Waals surface area contributed by atoms with Crippen LogP contribution in [-0.2, 0) is 16.1 Å². The van der Waals surface area contributed by atoms with Gasteiger partial charge in [-0.3, -0.25) is 9.69 Å². The predicted octanol–water partition coefficient (Wildman–Crippen LogP) is 3.26. The molecule has 0 aliphatic carbocycles. The summed E-state index contributed by atoms with van der Waals surface area (Å²) in [4.78, 5) is 13.4. The molecule has 0 bridgehead atoms. The molecule has 2 atom stereocenters. The third-order valence-electron chi connectivity index (χ3n) is 3.97. The van der Waals surface area contributed by atoms with Gasteiger partial charge in [0.2, 0.25) is 0 Å². The van der Waals surface area contributed by atoms with Crippen molar-refractivity contribution in [1.29, 1.82) is 0 Å². The molecule has 1 fully saturated rings. The Morgan fingerprint density at radius 3 is 2.33 bits per heavy atom. The van der Waals surface area contributed by atoms with Crippen molar-refractivity contribution in [3.8, 4) is 5.75 Å². The number of hydrogen-bond donors (Lipinski definition) is 0. The highest BCUT2D eigenvalue weighted by molar-refractivity contribution is 6.05. The Morgan fingerprint density at radius 1 is 1.08 bits per heavy atom. The summed E-state index contributed by atoms with van der Waals surface area (Å²) in [7, 11) is 1.51. The molecular formula is C18H17F2NO3. The smallest absolute Gasteiger partial charge is 0.262 e. The Labute approximate surface area is 138 Å². The first-order valence-corrected chi connectivity index (χ1v) is 7.52. The van der Waals surface area contributed by atoms with Crippen LogP contribution in [0.1, 0.15) is 5.56 Å². The highest BCUT2D eigenvalue weighted by Crippen LogP contribution is 2.34. The zero-order valence-electron chi connectivity index (χ0n) is 13.1. The standard InChI is InChI=1S/C18H17F2NO3/c1-23-14-9-7-13(8-10-14)21-15(17(19)20)16(18(21)22)24-11-12-5-3-2-4-6-12/h2-10,15-17H,11H2,1H3/t15-,16-/m1/s1. The number of rotatable bonds is 6. The van der Waals surface area contributed by atoms with Gasteiger partial charge >= 0.3 is 0 Å². The molecule has 2 aromatic carbocycles. The number of amides is 1. The number of alkyl halides is 2. The number of benzene rings is 2. The SMILES string of the molecule is COc1ccc(N2C(=O)[C@H](OCc3ccccc3)[C@@H]2C(F)F)cc1. The van der Waals surface area contributed by atoms with Crippen molar-refractivity contribution in [3.63, 3.8) is 0 Å². The Balaban J connectivity index is 1.72. The molecule has 24 heavy (non-hydrogen) atoms. The van der Waals surface area contributed by atoms with E-state index >= 15 is 0 Å². The molecule has 0 saturated carbocycles. The minimum Gasteiger partial charge on any atom is -0.497 e. The van der Waals surface area contributed by atoms with Gasteiger partial charge in [0.15, 0.2) is 6.10 Å². The number of halogens is 2. The summed E-state index contributed by atoms with van der Waals surface area (Å²) < 4.78 is 37.3. The van der Waals surface area contributed by atoms with Crippen LogP contribution in [0.3, 0.4) is 0 Å². The van der Waals surface area contributed by atoms with Crippen LogP contribution < -0.4 is 9.64 Å². The number of hydrogen-bond acceptors (Lipinski definition) is 3. The second kappa shape index (κ2) is 6.97. The van der Waals surface area contributed by atoms with Gasteiger partial charge < -0.3 is 9.47 Å². The zero-order chi connectivity index (χ0) is 17.1. The second-order valence-corrected chi connectivity index (χ2v) is 5.45. The van der Waals surface area contributed by atoms with Gasteiger partial charge in [0.05, 0.1) is 13.7 Å². The third kappa shape index (κ3) is 3.10. The summed E-state index contributed by atoms with van der Waals surface area (Å²) in [6.45, 7) is 0.122. The lowest BCUT2D eigenvalue weighted by molar-refractivity contribution is -0.150. The van der Waals surface area contributed by atoms with Gasteiger partial charge in [-0.1, -0.05) is 30.3 Å². The van der Waals surface area contributed by atoms with E-state index in [1.165, 1.54) is 7.11 Å². The van der Waals surface area contributed by atoms with E-state index in [4.69, 9.17) is 9.47 Å². The van der Waals surface area contributed by atoms with Crippen molar-refractivity contribution in [2.24, 2.45) is 0 Å². The lowest BCUT2D eigenvalue weighted by atomic mass is 9.96. The van der Waals surface area contributed by atoms with E-state index in [1.54, 1.807) is 24.3 Å². The van der Waals surface area contributed by atoms with Gasteiger partial charge in [-0.2, -0.15) is 0 Å². The van der Waals surface area contributed by atoms with E-state index in [0.29, 0.717) is 11.4 Å². The fourth-order valence-corrected chi connectivity index (χ4v) is 2.70. The number of β-lactam (4-membered cyclic amide) rings is 1. The summed E-state index contributed by atoms with van der Waals surface area (Å²) in [5.74, 6) is 0.138. The molecular weight excluding hydrogens is 316 g/mol. The van der Waals surface area contributed by atoms with Crippen LogP contribution in [0.4, 0.5) is 14.5 Å². The average Bonchev–Trinajstić information content (AvgIpc) is 2.60. The summed E-state index contributed by atoms with van der Waals surface area (Å²) in [5, 5.41) is 0. The normalized spacial score (nSPS) is 20.2. The second-order valence-electron chi connectivity index (χ2n) is 5.45. The molecule has 0 unspecified atom stereocenters. The molecule has 1 aliphatic rings. The van der Waals surface area contributed by atoms with Crippen LogP contribution in [0.15, 0.2) is 54.6 Å². The molecule has 0 aromatic heterocycles. The van der Waals surface area contributed by atoms with E-state index in [1.807, 2.05) is 30.3 Å². The van der Waals surface area contributed by atoms with Crippen LogP contribution in [0.25, 0.3) is 0 Å². The van der Waals surface area contributed by atoms with Crippen LogP contribution in [0, 0.1) is 0 Å². The van der Waals surface area contributed by atoms with Gasteiger partial charge in [-0.15, -0.1) is 0 Å². The Kier molecular flexibility index (Phi) is 4.76. The molecule has 2 aromatic rings. The zero-order valence-corrected chi connectivity index (χ0v) is 13.1. The highest BCUT2D eigenvalue weighted by Gasteiger charge is 2.53. The van der Waals surface area contributed by atoms with Gasteiger partial charge in [-0.05, 0) is 29.8 Å². The summed E-state index contributed by atoms with van der Waals surface area (Å²) in [6.07, 6.45) is -3.82. The van der Waals surface area contributed by atoms with Gasteiger partial charge in [0.1, 0.15) is 11.8 Å². The lowest BCUT2D eigenvalue weighted by Gasteiger charge is -2.45. The van der Waals surface area contributed by atoms with Gasteiger partial charge in [0.25, 0.3) is 12.3 Å². The van der Waals surface area contributed by atoms with Crippen molar-refractivity contribution in [3.05, 3.63) is 60.2 Å². The molecule has 0 N–H and O–H groups in total. The number of methoxy groups -OCH3 is 1. The number of ether oxygens (including phenoxy) is 2. The number of anilines is 1. The third-order valence-corrected chi connectivity index (χ3v) is 3.97. The fraction of sp³-hybridized carbons (Fsp3) is 0.278. The Hall–Kier alpha value is -2.47. The molecule has 1 amide bonds. The lowest BCUT2D eigenvalue weighted by Crippen LogP contribution is -2.69. The minimum atomic E-state index is -2.69. The van der Waals surface area contributed by atoms with Crippen LogP contribution >= 0.6 is 0 Å². The molecule has 1 heterocycles. The molecule has 6 heteroatoms. The highest BCUT2D eigenvalue weighted by atomic mass is 19.3. The quantitative estimate of drug-likeness (QED) is 0.762. The van der Waals surface area contributed by atoms with Crippen molar-refractivity contribution < 1.29 is 23.0 Å². The summed E-state index contributed by atoms with van der Waals surface area (Å²) >= 11 is 0. The maximum atomic E-state index is 13.4. The molecule has 1 saturated heterocycles. The molecule has 126 valence electrons. The van der Waals surface area contributed by atoms with Crippen LogP contribution in [0.5, 0.6) is 5.75 Å². The van der Waals surface area contributed by atoms with Crippen molar-refractivity contribution in [2.75, 3.05) is 12.0 Å². The van der Waals surface area contributed by atoms with E-state index < -0.39 is 24.5 Å². The first-order valence-electron chi connectivity index (χ1n) is 7.52. The Morgan fingerprint density at radius 2 is 1.75 bits per heavy atom. The van der Waals surface area contributed by atoms with Crippen LogP contribution in [0.2, 0.25) is 0 Å². The number of nitrogens with zero attached hydrogens (tertiary/aromatic N) is 1. The maximum Gasteiger partial charge on any atom is 0.262 e. The monoisotopic (exact) mass is 333 g/mol. The van der Waals surface area contributed by atoms with E-state index in [9.17, 15) is 13.6 Å². The van der Waals surface area contributed by atoms with E-state index in [-0.39, 0.29) is 6.61 Å². The van der Waals surface area contributed by atoms with Gasteiger partial charge in [-0.25, -0.2) is 8.78 Å². The predicted molar refractivity (Wildman–Crippen MR) is 85.3 cm³/mol. The number of carbonyl (C=O) groups excluding carboxylic acids is 1. The molecule has 3 rings (SSSR count).